The van der Waals surface area contributed by atoms with Crippen molar-refractivity contribution in [2.24, 2.45) is 0 Å². The minimum Gasteiger partial charge on any atom is -0.496 e. The average molecular weight is 277 g/mol. The van der Waals surface area contributed by atoms with E-state index in [1.165, 1.54) is 12.1 Å². The molecular formula is C15H16FNOS. The number of nitrogens with two attached hydrogens (primary N) is 1. The number of methoxy groups -OCH3 is 1. The number of anilines is 1. The van der Waals surface area contributed by atoms with Gasteiger partial charge >= 0.3 is 0 Å². The molecule has 0 aliphatic carbocycles. The summed E-state index contributed by atoms with van der Waals surface area (Å²) in [7, 11) is 1.59. The van der Waals surface area contributed by atoms with E-state index in [0.717, 1.165) is 21.7 Å². The topological polar surface area (TPSA) is 35.2 Å². The highest BCUT2D eigenvalue weighted by molar-refractivity contribution is 7.98. The van der Waals surface area contributed by atoms with E-state index in [2.05, 4.69) is 0 Å². The Morgan fingerprint density at radius 2 is 2.05 bits per heavy atom. The van der Waals surface area contributed by atoms with Gasteiger partial charge < -0.3 is 10.5 Å². The molecule has 0 amide bonds. The van der Waals surface area contributed by atoms with Gasteiger partial charge in [-0.2, -0.15) is 0 Å². The van der Waals surface area contributed by atoms with Gasteiger partial charge in [0.2, 0.25) is 0 Å². The lowest BCUT2D eigenvalue weighted by Crippen LogP contribution is -1.93. The molecule has 0 heterocycles. The highest BCUT2D eigenvalue weighted by Crippen LogP contribution is 2.32. The normalized spacial score (nSPS) is 10.5. The van der Waals surface area contributed by atoms with Gasteiger partial charge in [-0.05, 0) is 42.8 Å². The third kappa shape index (κ3) is 3.20. The summed E-state index contributed by atoms with van der Waals surface area (Å²) in [4.78, 5) is 1.10. The van der Waals surface area contributed by atoms with Crippen molar-refractivity contribution in [2.75, 3.05) is 12.8 Å². The Hall–Kier alpha value is -1.68. The molecule has 2 aromatic carbocycles. The van der Waals surface area contributed by atoms with Gasteiger partial charge in [0.25, 0.3) is 0 Å². The largest absolute Gasteiger partial charge is 0.496 e. The van der Waals surface area contributed by atoms with E-state index in [0.29, 0.717) is 11.5 Å². The highest BCUT2D eigenvalue weighted by atomic mass is 32.2. The van der Waals surface area contributed by atoms with Crippen molar-refractivity contribution >= 4 is 17.4 Å². The van der Waals surface area contributed by atoms with Crippen molar-refractivity contribution in [1.29, 1.82) is 0 Å². The fraction of sp³-hybridized carbons (Fsp3) is 0.200. The number of hydrogen-bond donors (Lipinski definition) is 1. The number of rotatable bonds is 4. The second-order valence-corrected chi connectivity index (χ2v) is 5.23. The lowest BCUT2D eigenvalue weighted by atomic mass is 10.2. The summed E-state index contributed by atoms with van der Waals surface area (Å²) in [5.41, 5.74) is 8.55. The summed E-state index contributed by atoms with van der Waals surface area (Å²) in [6.07, 6.45) is 0. The minimum atomic E-state index is -0.249. The molecule has 0 fully saturated rings. The predicted molar refractivity (Wildman–Crippen MR) is 78.1 cm³/mol. The molecule has 0 aliphatic heterocycles. The van der Waals surface area contributed by atoms with E-state index in [9.17, 15) is 4.39 Å². The fourth-order valence-corrected chi connectivity index (χ4v) is 2.85. The lowest BCUT2D eigenvalue weighted by molar-refractivity contribution is 0.410. The van der Waals surface area contributed by atoms with Crippen LogP contribution in [0.1, 0.15) is 11.1 Å². The Kier molecular flexibility index (Phi) is 4.32. The number of halogens is 1. The standard InChI is InChI=1S/C15H16FNOS/c1-10-13(17)4-3-5-15(10)19-9-11-8-12(16)6-7-14(11)18-2/h3-8H,9,17H2,1-2H3. The molecule has 19 heavy (non-hydrogen) atoms. The van der Waals surface area contributed by atoms with E-state index in [1.807, 2.05) is 25.1 Å². The van der Waals surface area contributed by atoms with Crippen LogP contribution in [-0.4, -0.2) is 7.11 Å². The van der Waals surface area contributed by atoms with Crippen molar-refractivity contribution < 1.29 is 9.13 Å². The first-order chi connectivity index (χ1) is 9.11. The molecule has 0 spiro atoms. The molecule has 4 heteroatoms. The number of nitrogen functional groups attached to an aromatic ring is 1. The van der Waals surface area contributed by atoms with Gasteiger partial charge in [-0.15, -0.1) is 11.8 Å². The van der Waals surface area contributed by atoms with Gasteiger partial charge in [0.15, 0.2) is 0 Å². The molecule has 2 nitrogen and oxygen atoms in total. The van der Waals surface area contributed by atoms with Crippen LogP contribution in [0.5, 0.6) is 5.75 Å². The van der Waals surface area contributed by atoms with Gasteiger partial charge in [0.1, 0.15) is 11.6 Å². The van der Waals surface area contributed by atoms with Crippen LogP contribution in [-0.2, 0) is 5.75 Å². The number of hydrogen-bond acceptors (Lipinski definition) is 3. The zero-order valence-electron chi connectivity index (χ0n) is 10.9. The quantitative estimate of drug-likeness (QED) is 0.677. The molecule has 2 N–H and O–H groups in total. The molecule has 2 rings (SSSR count). The molecule has 0 saturated heterocycles. The summed E-state index contributed by atoms with van der Waals surface area (Å²) < 4.78 is 18.5. The van der Waals surface area contributed by atoms with E-state index < -0.39 is 0 Å². The summed E-state index contributed by atoms with van der Waals surface area (Å²) in [6.45, 7) is 1.99. The number of benzene rings is 2. The molecule has 0 aliphatic rings. The highest BCUT2D eigenvalue weighted by Gasteiger charge is 2.07. The molecule has 0 saturated carbocycles. The Morgan fingerprint density at radius 3 is 2.79 bits per heavy atom. The van der Waals surface area contributed by atoms with Crippen molar-refractivity contribution in [3.05, 3.63) is 53.3 Å². The monoisotopic (exact) mass is 277 g/mol. The average Bonchev–Trinajstić information content (AvgIpc) is 2.40. The predicted octanol–water partition coefficient (Wildman–Crippen LogP) is 4.02. The van der Waals surface area contributed by atoms with Crippen LogP contribution in [0.2, 0.25) is 0 Å². The van der Waals surface area contributed by atoms with Crippen molar-refractivity contribution in [2.45, 2.75) is 17.6 Å². The first-order valence-corrected chi connectivity index (χ1v) is 6.90. The first kappa shape index (κ1) is 13.7. The van der Waals surface area contributed by atoms with E-state index in [-0.39, 0.29) is 5.82 Å². The van der Waals surface area contributed by atoms with Crippen LogP contribution in [0.3, 0.4) is 0 Å². The smallest absolute Gasteiger partial charge is 0.123 e. The molecule has 100 valence electrons. The van der Waals surface area contributed by atoms with Crippen LogP contribution in [0.15, 0.2) is 41.3 Å². The maximum absolute atomic E-state index is 13.3. The minimum absolute atomic E-state index is 0.249. The van der Waals surface area contributed by atoms with Crippen LogP contribution in [0.4, 0.5) is 10.1 Å². The maximum atomic E-state index is 13.3. The Bertz CT molecular complexity index is 586. The van der Waals surface area contributed by atoms with E-state index in [1.54, 1.807) is 24.9 Å². The van der Waals surface area contributed by atoms with Gasteiger partial charge in [-0.1, -0.05) is 6.07 Å². The Balaban J connectivity index is 2.18. The van der Waals surface area contributed by atoms with Crippen molar-refractivity contribution in [3.63, 3.8) is 0 Å². The van der Waals surface area contributed by atoms with E-state index >= 15 is 0 Å². The molecule has 2 aromatic rings. The zero-order chi connectivity index (χ0) is 13.8. The van der Waals surface area contributed by atoms with Gasteiger partial charge in [-0.3, -0.25) is 0 Å². The fourth-order valence-electron chi connectivity index (χ4n) is 1.80. The van der Waals surface area contributed by atoms with Crippen LogP contribution < -0.4 is 10.5 Å². The third-order valence-corrected chi connectivity index (χ3v) is 4.16. The number of thioether (sulfide) groups is 1. The second kappa shape index (κ2) is 5.97. The molecule has 0 atom stereocenters. The first-order valence-electron chi connectivity index (χ1n) is 5.92. The second-order valence-electron chi connectivity index (χ2n) is 4.22. The Labute approximate surface area is 116 Å². The van der Waals surface area contributed by atoms with Gasteiger partial charge in [0.05, 0.1) is 7.11 Å². The van der Waals surface area contributed by atoms with Crippen LogP contribution in [0.25, 0.3) is 0 Å². The molecule has 0 aromatic heterocycles. The summed E-state index contributed by atoms with van der Waals surface area (Å²) in [5, 5.41) is 0. The maximum Gasteiger partial charge on any atom is 0.123 e. The molecule has 0 unspecified atom stereocenters. The van der Waals surface area contributed by atoms with Crippen LogP contribution >= 0.6 is 11.8 Å². The SMILES string of the molecule is COc1ccc(F)cc1CSc1cccc(N)c1C. The van der Waals surface area contributed by atoms with Crippen molar-refractivity contribution in [3.8, 4) is 5.75 Å². The molecule has 0 radical (unpaired) electrons. The van der Waals surface area contributed by atoms with Gasteiger partial charge in [0, 0.05) is 21.9 Å². The summed E-state index contributed by atoms with van der Waals surface area (Å²) in [5.74, 6) is 1.10. The zero-order valence-corrected chi connectivity index (χ0v) is 11.8. The lowest BCUT2D eigenvalue weighted by Gasteiger charge is -2.10. The van der Waals surface area contributed by atoms with Crippen LogP contribution in [0, 0.1) is 12.7 Å². The van der Waals surface area contributed by atoms with E-state index in [4.69, 9.17) is 10.5 Å². The molecule has 0 bridgehead atoms. The number of ether oxygens (including phenoxy) is 1. The van der Waals surface area contributed by atoms with Crippen molar-refractivity contribution in [1.82, 2.24) is 0 Å². The summed E-state index contributed by atoms with van der Waals surface area (Å²) >= 11 is 1.63. The third-order valence-electron chi connectivity index (χ3n) is 2.95. The van der Waals surface area contributed by atoms with Gasteiger partial charge in [-0.25, -0.2) is 4.39 Å². The Morgan fingerprint density at radius 1 is 1.26 bits per heavy atom. The summed E-state index contributed by atoms with van der Waals surface area (Å²) in [6, 6.07) is 10.4. The molecular weight excluding hydrogens is 261 g/mol.